The quantitative estimate of drug-likeness (QED) is 0.518. The molecule has 188 valence electrons. The van der Waals surface area contributed by atoms with Crippen LogP contribution in [0.5, 0.6) is 0 Å². The molecular weight excluding hydrogens is 436 g/mol. The number of carbonyl (C=O) groups excluding carboxylic acids is 1. The standard InChI is InChI=1S/C28H40N6O/c1-21-8-10-22(11-9-21)20-33-18-14-23(15-19-33)31-28(35)26(29)24-12-13-25(32-27(24)30-2)34-16-6-4-3-5-7-17-34/h8-13,23,29H,3-7,14-20H2,1-2H3,(H,30,32)(H,31,35). The summed E-state index contributed by atoms with van der Waals surface area (Å²) < 4.78 is 0. The molecule has 0 aliphatic carbocycles. The third-order valence-electron chi connectivity index (χ3n) is 7.24. The molecule has 2 aliphatic rings. The van der Waals surface area contributed by atoms with Crippen LogP contribution in [0.4, 0.5) is 11.6 Å². The molecule has 0 atom stereocenters. The number of aromatic nitrogens is 1. The second-order valence-corrected chi connectivity index (χ2v) is 9.95. The highest BCUT2D eigenvalue weighted by Gasteiger charge is 2.24. The largest absolute Gasteiger partial charge is 0.373 e. The third-order valence-corrected chi connectivity index (χ3v) is 7.24. The lowest BCUT2D eigenvalue weighted by Gasteiger charge is -2.32. The minimum atomic E-state index is -0.320. The maximum Gasteiger partial charge on any atom is 0.270 e. The highest BCUT2D eigenvalue weighted by Crippen LogP contribution is 2.23. The minimum Gasteiger partial charge on any atom is -0.373 e. The Balaban J connectivity index is 1.31. The number of likely N-dealkylation sites (tertiary alicyclic amines) is 1. The number of nitrogens with one attached hydrogen (secondary N) is 3. The van der Waals surface area contributed by atoms with Crippen molar-refractivity contribution >= 4 is 23.3 Å². The zero-order valence-electron chi connectivity index (χ0n) is 21.3. The Morgan fingerprint density at radius 3 is 2.29 bits per heavy atom. The van der Waals surface area contributed by atoms with Crippen molar-refractivity contribution in [1.82, 2.24) is 15.2 Å². The fourth-order valence-corrected chi connectivity index (χ4v) is 5.06. The molecule has 7 nitrogen and oxygen atoms in total. The smallest absolute Gasteiger partial charge is 0.270 e. The monoisotopic (exact) mass is 476 g/mol. The Morgan fingerprint density at radius 1 is 0.971 bits per heavy atom. The lowest BCUT2D eigenvalue weighted by Crippen LogP contribution is -2.46. The number of nitrogens with zero attached hydrogens (tertiary/aromatic N) is 3. The van der Waals surface area contributed by atoms with Crippen LogP contribution in [0.25, 0.3) is 0 Å². The van der Waals surface area contributed by atoms with Gasteiger partial charge in [-0.2, -0.15) is 0 Å². The number of amides is 1. The molecule has 0 saturated carbocycles. The summed E-state index contributed by atoms with van der Waals surface area (Å²) in [4.78, 5) is 22.5. The van der Waals surface area contributed by atoms with Crippen molar-refractivity contribution < 1.29 is 4.79 Å². The summed E-state index contributed by atoms with van der Waals surface area (Å²) in [6.45, 7) is 6.96. The van der Waals surface area contributed by atoms with Gasteiger partial charge < -0.3 is 15.5 Å². The lowest BCUT2D eigenvalue weighted by molar-refractivity contribution is -0.115. The van der Waals surface area contributed by atoms with Gasteiger partial charge >= 0.3 is 0 Å². The van der Waals surface area contributed by atoms with Crippen molar-refractivity contribution in [3.05, 3.63) is 53.1 Å². The molecule has 1 aromatic heterocycles. The Bertz CT molecular complexity index is 989. The van der Waals surface area contributed by atoms with Gasteiger partial charge in [-0.15, -0.1) is 0 Å². The first kappa shape index (κ1) is 25.2. The first-order valence-electron chi connectivity index (χ1n) is 13.1. The van der Waals surface area contributed by atoms with E-state index in [4.69, 9.17) is 10.4 Å². The fourth-order valence-electron chi connectivity index (χ4n) is 5.06. The normalized spacial score (nSPS) is 17.9. The van der Waals surface area contributed by atoms with E-state index in [0.29, 0.717) is 11.4 Å². The Morgan fingerprint density at radius 2 is 1.63 bits per heavy atom. The van der Waals surface area contributed by atoms with Gasteiger partial charge in [-0.3, -0.25) is 15.1 Å². The number of benzene rings is 1. The van der Waals surface area contributed by atoms with Gasteiger partial charge in [-0.25, -0.2) is 4.98 Å². The van der Waals surface area contributed by atoms with Crippen LogP contribution in [0.1, 0.15) is 61.6 Å². The number of pyridine rings is 1. The van der Waals surface area contributed by atoms with Crippen LogP contribution < -0.4 is 15.5 Å². The van der Waals surface area contributed by atoms with Gasteiger partial charge in [-0.05, 0) is 50.3 Å². The van der Waals surface area contributed by atoms with Crippen LogP contribution in [-0.2, 0) is 11.3 Å². The molecule has 0 radical (unpaired) electrons. The van der Waals surface area contributed by atoms with E-state index in [2.05, 4.69) is 51.6 Å². The van der Waals surface area contributed by atoms with E-state index in [1.807, 2.05) is 12.1 Å². The van der Waals surface area contributed by atoms with Crippen LogP contribution in [0.15, 0.2) is 36.4 Å². The summed E-state index contributed by atoms with van der Waals surface area (Å²) in [7, 11) is 1.80. The van der Waals surface area contributed by atoms with E-state index in [-0.39, 0.29) is 17.7 Å². The number of rotatable bonds is 7. The molecule has 2 saturated heterocycles. The van der Waals surface area contributed by atoms with E-state index in [1.54, 1.807) is 7.05 Å². The molecule has 2 aromatic rings. The van der Waals surface area contributed by atoms with Crippen molar-refractivity contribution in [2.45, 2.75) is 64.5 Å². The van der Waals surface area contributed by atoms with Gasteiger partial charge in [-0.1, -0.05) is 49.1 Å². The van der Waals surface area contributed by atoms with Crippen molar-refractivity contribution in [3.8, 4) is 0 Å². The van der Waals surface area contributed by atoms with Gasteiger partial charge in [0.1, 0.15) is 17.3 Å². The maximum atomic E-state index is 12.9. The van der Waals surface area contributed by atoms with Gasteiger partial charge in [0, 0.05) is 51.4 Å². The molecule has 4 rings (SSSR count). The average molecular weight is 477 g/mol. The van der Waals surface area contributed by atoms with Crippen molar-refractivity contribution in [2.24, 2.45) is 0 Å². The van der Waals surface area contributed by atoms with E-state index < -0.39 is 0 Å². The summed E-state index contributed by atoms with van der Waals surface area (Å²) in [6, 6.07) is 12.6. The first-order chi connectivity index (χ1) is 17.0. The summed E-state index contributed by atoms with van der Waals surface area (Å²) in [6.07, 6.45) is 8.01. The number of piperidine rings is 1. The van der Waals surface area contributed by atoms with Crippen LogP contribution >= 0.6 is 0 Å². The molecule has 35 heavy (non-hydrogen) atoms. The van der Waals surface area contributed by atoms with Gasteiger partial charge in [0.25, 0.3) is 5.91 Å². The highest BCUT2D eigenvalue weighted by atomic mass is 16.1. The summed E-state index contributed by atoms with van der Waals surface area (Å²) in [5.74, 6) is 1.20. The van der Waals surface area contributed by atoms with Crippen LogP contribution in [0.2, 0.25) is 0 Å². The SMILES string of the molecule is CNc1nc(N2CCCCCCC2)ccc1C(=N)C(=O)NC1CCN(Cc2ccc(C)cc2)CC1. The molecule has 0 unspecified atom stereocenters. The Hall–Kier alpha value is -2.93. The number of hydrogen-bond acceptors (Lipinski definition) is 6. The van der Waals surface area contributed by atoms with Crippen molar-refractivity contribution in [3.63, 3.8) is 0 Å². The average Bonchev–Trinajstić information content (AvgIpc) is 2.85. The zero-order chi connectivity index (χ0) is 24.6. The van der Waals surface area contributed by atoms with E-state index >= 15 is 0 Å². The lowest BCUT2D eigenvalue weighted by atomic mass is 10.0. The van der Waals surface area contributed by atoms with E-state index in [0.717, 1.165) is 51.4 Å². The zero-order valence-corrected chi connectivity index (χ0v) is 21.3. The summed E-state index contributed by atoms with van der Waals surface area (Å²) >= 11 is 0. The van der Waals surface area contributed by atoms with Gasteiger partial charge in [0.15, 0.2) is 0 Å². The molecule has 3 heterocycles. The molecule has 7 heteroatoms. The topological polar surface area (TPSA) is 84.4 Å². The molecular formula is C28H40N6O. The molecule has 0 bridgehead atoms. The molecule has 1 aromatic carbocycles. The molecule has 3 N–H and O–H groups in total. The second-order valence-electron chi connectivity index (χ2n) is 9.95. The van der Waals surface area contributed by atoms with Gasteiger partial charge in [0.05, 0.1) is 0 Å². The number of hydrogen-bond donors (Lipinski definition) is 3. The second kappa shape index (κ2) is 12.2. The molecule has 2 aliphatic heterocycles. The first-order valence-corrected chi connectivity index (χ1v) is 13.1. The molecule has 2 fully saturated rings. The molecule has 0 spiro atoms. The van der Waals surface area contributed by atoms with Crippen LogP contribution in [-0.4, -0.2) is 60.8 Å². The molecule has 1 amide bonds. The number of carbonyl (C=O) groups is 1. The van der Waals surface area contributed by atoms with Crippen LogP contribution in [0.3, 0.4) is 0 Å². The number of aryl methyl sites for hydroxylation is 1. The van der Waals surface area contributed by atoms with Crippen LogP contribution in [0, 0.1) is 12.3 Å². The maximum absolute atomic E-state index is 12.9. The summed E-state index contributed by atoms with van der Waals surface area (Å²) in [5.41, 5.74) is 3.13. The van der Waals surface area contributed by atoms with E-state index in [1.165, 1.54) is 43.2 Å². The van der Waals surface area contributed by atoms with Crippen molar-refractivity contribution in [1.29, 1.82) is 5.41 Å². The minimum absolute atomic E-state index is 0.0249. The van der Waals surface area contributed by atoms with E-state index in [9.17, 15) is 4.79 Å². The summed E-state index contributed by atoms with van der Waals surface area (Å²) in [5, 5.41) is 14.8. The van der Waals surface area contributed by atoms with Gasteiger partial charge in [0.2, 0.25) is 0 Å². The number of anilines is 2. The fraction of sp³-hybridized carbons (Fsp3) is 0.536. The Labute approximate surface area is 209 Å². The third kappa shape index (κ3) is 6.82. The predicted octanol–water partition coefficient (Wildman–Crippen LogP) is 4.35. The van der Waals surface area contributed by atoms with Crippen molar-refractivity contribution in [2.75, 3.05) is 43.4 Å². The predicted molar refractivity (Wildman–Crippen MR) is 144 cm³/mol. The Kier molecular flexibility index (Phi) is 8.74. The highest BCUT2D eigenvalue weighted by molar-refractivity contribution is 6.45.